The van der Waals surface area contributed by atoms with Crippen molar-refractivity contribution in [3.05, 3.63) is 101 Å². The summed E-state index contributed by atoms with van der Waals surface area (Å²) in [6, 6.07) is 14.5. The van der Waals surface area contributed by atoms with E-state index in [0.29, 0.717) is 25.6 Å². The van der Waals surface area contributed by atoms with Crippen LogP contribution >= 0.6 is 22.9 Å². The molecule has 0 N–H and O–H groups in total. The van der Waals surface area contributed by atoms with Crippen LogP contribution < -0.4 is 14.9 Å². The molecule has 158 valence electrons. The minimum absolute atomic E-state index is 0.196. The summed E-state index contributed by atoms with van der Waals surface area (Å²) >= 11 is 7.27. The van der Waals surface area contributed by atoms with E-state index in [2.05, 4.69) is 4.99 Å². The smallest absolute Gasteiger partial charge is 0.338 e. The number of hydrogen-bond acceptors (Lipinski definition) is 5. The first kappa shape index (κ1) is 21.3. The zero-order valence-electron chi connectivity index (χ0n) is 17.4. The van der Waals surface area contributed by atoms with Gasteiger partial charge in [0.1, 0.15) is 0 Å². The summed E-state index contributed by atoms with van der Waals surface area (Å²) in [6.45, 7) is 5.78. The van der Waals surface area contributed by atoms with Gasteiger partial charge in [0.25, 0.3) is 5.56 Å². The van der Waals surface area contributed by atoms with E-state index in [1.807, 2.05) is 49.4 Å². The lowest BCUT2D eigenvalue weighted by molar-refractivity contribution is -0.139. The van der Waals surface area contributed by atoms with Crippen LogP contribution in [0.5, 0.6) is 0 Å². The molecule has 0 aliphatic carbocycles. The molecule has 0 radical (unpaired) electrons. The van der Waals surface area contributed by atoms with Gasteiger partial charge >= 0.3 is 5.97 Å². The molecule has 1 aliphatic rings. The van der Waals surface area contributed by atoms with E-state index < -0.39 is 12.0 Å². The quantitative estimate of drug-likeness (QED) is 0.566. The van der Waals surface area contributed by atoms with E-state index in [4.69, 9.17) is 16.3 Å². The lowest BCUT2D eigenvalue weighted by atomic mass is 9.95. The molecule has 2 heterocycles. The highest BCUT2D eigenvalue weighted by Gasteiger charge is 2.33. The fraction of sp³-hybridized carbons (Fsp3) is 0.208. The lowest BCUT2D eigenvalue weighted by Crippen LogP contribution is -2.39. The van der Waals surface area contributed by atoms with E-state index in [0.717, 1.165) is 16.7 Å². The fourth-order valence-electron chi connectivity index (χ4n) is 3.57. The second-order valence-electron chi connectivity index (χ2n) is 7.26. The molecule has 1 aliphatic heterocycles. The number of fused-ring (bicyclic) bond motifs is 1. The molecular formula is C24H21ClN2O3S. The van der Waals surface area contributed by atoms with Crippen molar-refractivity contribution >= 4 is 35.0 Å². The minimum Gasteiger partial charge on any atom is -0.463 e. The van der Waals surface area contributed by atoms with Crippen molar-refractivity contribution in [2.45, 2.75) is 26.8 Å². The van der Waals surface area contributed by atoms with E-state index >= 15 is 0 Å². The maximum absolute atomic E-state index is 13.4. The van der Waals surface area contributed by atoms with Crippen molar-refractivity contribution in [1.29, 1.82) is 0 Å². The molecule has 3 aromatic rings. The monoisotopic (exact) mass is 452 g/mol. The Balaban J connectivity index is 1.94. The first-order valence-electron chi connectivity index (χ1n) is 9.91. The van der Waals surface area contributed by atoms with Gasteiger partial charge in [-0.05, 0) is 50.1 Å². The Labute approximate surface area is 188 Å². The summed E-state index contributed by atoms with van der Waals surface area (Å²) in [4.78, 5) is 31.4. The Hall–Kier alpha value is -2.96. The van der Waals surface area contributed by atoms with Gasteiger partial charge in [-0.2, -0.15) is 0 Å². The van der Waals surface area contributed by atoms with Gasteiger partial charge in [0.05, 0.1) is 28.5 Å². The first-order chi connectivity index (χ1) is 14.9. The number of hydrogen-bond donors (Lipinski definition) is 0. The normalized spacial score (nSPS) is 16.1. The Morgan fingerprint density at radius 3 is 2.48 bits per heavy atom. The number of aryl methyl sites for hydroxylation is 1. The highest BCUT2D eigenvalue weighted by molar-refractivity contribution is 7.07. The van der Waals surface area contributed by atoms with Gasteiger partial charge in [0.2, 0.25) is 0 Å². The van der Waals surface area contributed by atoms with Crippen LogP contribution in [-0.2, 0) is 9.53 Å². The van der Waals surface area contributed by atoms with E-state index in [1.54, 1.807) is 30.5 Å². The molecule has 0 saturated heterocycles. The summed E-state index contributed by atoms with van der Waals surface area (Å²) < 4.78 is 7.44. The zero-order chi connectivity index (χ0) is 22.1. The molecule has 4 rings (SSSR count). The average Bonchev–Trinajstić information content (AvgIpc) is 3.04. The summed E-state index contributed by atoms with van der Waals surface area (Å²) in [5.74, 6) is -0.457. The van der Waals surface area contributed by atoms with E-state index in [9.17, 15) is 9.59 Å². The van der Waals surface area contributed by atoms with Gasteiger partial charge in [-0.3, -0.25) is 9.36 Å². The maximum atomic E-state index is 13.4. The van der Waals surface area contributed by atoms with Crippen molar-refractivity contribution in [1.82, 2.24) is 4.57 Å². The van der Waals surface area contributed by atoms with E-state index in [-0.39, 0.29) is 12.2 Å². The highest BCUT2D eigenvalue weighted by Crippen LogP contribution is 2.30. The Kier molecular flexibility index (Phi) is 5.94. The molecule has 5 nitrogen and oxygen atoms in total. The van der Waals surface area contributed by atoms with Crippen LogP contribution in [-0.4, -0.2) is 17.1 Å². The highest BCUT2D eigenvalue weighted by atomic mass is 35.5. The summed E-state index contributed by atoms with van der Waals surface area (Å²) in [6.07, 6.45) is 1.82. The third-order valence-electron chi connectivity index (χ3n) is 5.08. The number of nitrogens with zero attached hydrogens (tertiary/aromatic N) is 2. The van der Waals surface area contributed by atoms with Crippen molar-refractivity contribution in [2.75, 3.05) is 6.61 Å². The maximum Gasteiger partial charge on any atom is 0.338 e. The van der Waals surface area contributed by atoms with Crippen molar-refractivity contribution < 1.29 is 9.53 Å². The molecule has 0 unspecified atom stereocenters. The van der Waals surface area contributed by atoms with Crippen LogP contribution in [0.4, 0.5) is 0 Å². The van der Waals surface area contributed by atoms with E-state index in [1.165, 1.54) is 11.3 Å². The molecule has 0 saturated carbocycles. The second-order valence-corrected chi connectivity index (χ2v) is 8.71. The molecule has 31 heavy (non-hydrogen) atoms. The second kappa shape index (κ2) is 8.65. The third kappa shape index (κ3) is 4.13. The molecule has 7 heteroatoms. The van der Waals surface area contributed by atoms with Gasteiger partial charge in [0.15, 0.2) is 4.80 Å². The van der Waals surface area contributed by atoms with Gasteiger partial charge in [-0.15, -0.1) is 0 Å². The number of carbonyl (C=O) groups is 1. The predicted molar refractivity (Wildman–Crippen MR) is 123 cm³/mol. The van der Waals surface area contributed by atoms with Crippen molar-refractivity contribution in [2.24, 2.45) is 4.99 Å². The van der Waals surface area contributed by atoms with Crippen LogP contribution in [0.15, 0.2) is 69.6 Å². The average molecular weight is 453 g/mol. The number of carbonyl (C=O) groups excluding carboxylic acids is 1. The zero-order valence-corrected chi connectivity index (χ0v) is 19.0. The van der Waals surface area contributed by atoms with Gasteiger partial charge in [0, 0.05) is 5.02 Å². The largest absolute Gasteiger partial charge is 0.463 e. The molecule has 2 aromatic carbocycles. The number of ether oxygens (including phenoxy) is 1. The van der Waals surface area contributed by atoms with Gasteiger partial charge in [-0.1, -0.05) is 64.9 Å². The van der Waals surface area contributed by atoms with Crippen LogP contribution in [0, 0.1) is 6.92 Å². The van der Waals surface area contributed by atoms with Crippen LogP contribution in [0.2, 0.25) is 5.02 Å². The third-order valence-corrected chi connectivity index (χ3v) is 6.31. The minimum atomic E-state index is -0.594. The number of allylic oxidation sites excluding steroid dienone is 1. The van der Waals surface area contributed by atoms with Gasteiger partial charge in [-0.25, -0.2) is 9.79 Å². The molecule has 1 atom stereocenters. The summed E-state index contributed by atoms with van der Waals surface area (Å²) in [5, 5.41) is 0.632. The number of esters is 1. The molecule has 0 fully saturated rings. The fourth-order valence-corrected chi connectivity index (χ4v) is 4.74. The standard InChI is InChI=1S/C24H21ClN2O3S/c1-4-30-23(29)20-15(3)26-24-27(21(20)17-9-5-14(2)6-10-17)22(28)19(31-24)13-16-7-11-18(25)12-8-16/h5-13,21H,4H2,1-3H3/b19-13-/t21-/m0/s1. The summed E-state index contributed by atoms with van der Waals surface area (Å²) in [5.41, 5.74) is 3.54. The number of rotatable bonds is 4. The summed E-state index contributed by atoms with van der Waals surface area (Å²) in [7, 11) is 0. The Bertz CT molecular complexity index is 1350. The topological polar surface area (TPSA) is 60.7 Å². The van der Waals surface area contributed by atoms with Crippen LogP contribution in [0.3, 0.4) is 0 Å². The molecule has 1 aromatic heterocycles. The molecule has 0 amide bonds. The molecular weight excluding hydrogens is 432 g/mol. The Morgan fingerprint density at radius 2 is 1.84 bits per heavy atom. The van der Waals surface area contributed by atoms with Crippen molar-refractivity contribution in [3.8, 4) is 0 Å². The van der Waals surface area contributed by atoms with Crippen molar-refractivity contribution in [3.63, 3.8) is 0 Å². The molecule has 0 spiro atoms. The van der Waals surface area contributed by atoms with Gasteiger partial charge < -0.3 is 4.74 Å². The van der Waals surface area contributed by atoms with Crippen LogP contribution in [0.25, 0.3) is 6.08 Å². The number of thiazole rings is 1. The van der Waals surface area contributed by atoms with Crippen LogP contribution in [0.1, 0.15) is 36.6 Å². The number of aromatic nitrogens is 1. The lowest BCUT2D eigenvalue weighted by Gasteiger charge is -2.24. The first-order valence-corrected chi connectivity index (χ1v) is 11.1. The number of halogens is 1. The Morgan fingerprint density at radius 1 is 1.16 bits per heavy atom. The SMILES string of the molecule is CCOC(=O)C1=C(C)N=c2s/c(=C\c3ccc(Cl)cc3)c(=O)n2[C@H]1c1ccc(C)cc1. The molecule has 0 bridgehead atoms. The predicted octanol–water partition coefficient (Wildman–Crippen LogP) is 3.76. The number of benzene rings is 2.